The normalized spacial score (nSPS) is 16.2. The molecule has 1 aliphatic rings. The number of nitrogens with zero attached hydrogens (tertiary/aromatic N) is 2. The highest BCUT2D eigenvalue weighted by atomic mass is 127. The number of ether oxygens (including phenoxy) is 2. The van der Waals surface area contributed by atoms with Crippen LogP contribution in [0.25, 0.3) is 0 Å². The van der Waals surface area contributed by atoms with E-state index in [1.165, 1.54) is 5.56 Å². The summed E-state index contributed by atoms with van der Waals surface area (Å²) in [6.07, 6.45) is 1.79. The molecular weight excluding hydrogens is 493 g/mol. The van der Waals surface area contributed by atoms with Crippen molar-refractivity contribution in [3.8, 4) is 17.2 Å². The number of likely N-dealkylation sites (tertiary alicyclic amines) is 1. The summed E-state index contributed by atoms with van der Waals surface area (Å²) >= 11 is 0. The first-order chi connectivity index (χ1) is 14.1. The number of halogens is 1. The van der Waals surface area contributed by atoms with E-state index >= 15 is 0 Å². The molecule has 7 heteroatoms. The predicted molar refractivity (Wildman–Crippen MR) is 132 cm³/mol. The highest BCUT2D eigenvalue weighted by Crippen LogP contribution is 2.28. The fraction of sp³-hybridized carbons (Fsp3) is 0.435. The van der Waals surface area contributed by atoms with E-state index in [0.29, 0.717) is 24.6 Å². The zero-order valence-corrected chi connectivity index (χ0v) is 20.3. The fourth-order valence-corrected chi connectivity index (χ4v) is 3.69. The van der Waals surface area contributed by atoms with Crippen molar-refractivity contribution in [2.75, 3.05) is 40.4 Å². The Hall–Kier alpha value is -2.16. The molecule has 2 aromatic carbocycles. The smallest absolute Gasteiger partial charge is 0.193 e. The van der Waals surface area contributed by atoms with Gasteiger partial charge in [-0.05, 0) is 49.1 Å². The maximum atomic E-state index is 10.1. The monoisotopic (exact) mass is 525 g/mol. The van der Waals surface area contributed by atoms with Crippen LogP contribution in [0.5, 0.6) is 17.2 Å². The van der Waals surface area contributed by atoms with Gasteiger partial charge in [0.05, 0.1) is 14.2 Å². The summed E-state index contributed by atoms with van der Waals surface area (Å²) in [5.74, 6) is 3.24. The van der Waals surface area contributed by atoms with E-state index in [2.05, 4.69) is 29.3 Å². The van der Waals surface area contributed by atoms with Gasteiger partial charge in [0.15, 0.2) is 5.96 Å². The van der Waals surface area contributed by atoms with E-state index in [9.17, 15) is 5.11 Å². The third-order valence-corrected chi connectivity index (χ3v) is 5.35. The van der Waals surface area contributed by atoms with Crippen molar-refractivity contribution in [1.29, 1.82) is 0 Å². The van der Waals surface area contributed by atoms with Gasteiger partial charge in [0.2, 0.25) is 0 Å². The number of nitrogens with one attached hydrogen (secondary N) is 1. The molecule has 2 N–H and O–H groups in total. The molecule has 6 nitrogen and oxygen atoms in total. The van der Waals surface area contributed by atoms with Crippen molar-refractivity contribution in [1.82, 2.24) is 10.2 Å². The van der Waals surface area contributed by atoms with Crippen LogP contribution in [0, 0.1) is 0 Å². The van der Waals surface area contributed by atoms with Crippen molar-refractivity contribution in [2.24, 2.45) is 4.99 Å². The molecule has 1 heterocycles. The van der Waals surface area contributed by atoms with Crippen molar-refractivity contribution in [3.05, 3.63) is 53.6 Å². The Morgan fingerprint density at radius 1 is 1.13 bits per heavy atom. The third kappa shape index (κ3) is 6.17. The number of aliphatic imine (C=N–C) groups is 1. The molecule has 1 fully saturated rings. The summed E-state index contributed by atoms with van der Waals surface area (Å²) in [5.41, 5.74) is 2.22. The summed E-state index contributed by atoms with van der Waals surface area (Å²) in [4.78, 5) is 7.12. The maximum Gasteiger partial charge on any atom is 0.193 e. The lowest BCUT2D eigenvalue weighted by molar-refractivity contribution is 0.406. The second-order valence-corrected chi connectivity index (χ2v) is 7.19. The standard InChI is InChI=1S/C23H31N3O3.HI/c1-4-24-23(25-13-11-18-7-10-21(29-3)15-22(18)27)26-14-12-19(16-26)17-5-8-20(28-2)9-6-17;/h5-10,15,19,27H,4,11-14,16H2,1-3H3,(H,24,25);1H. The van der Waals surface area contributed by atoms with Gasteiger partial charge in [0.1, 0.15) is 17.2 Å². The largest absolute Gasteiger partial charge is 0.508 e. The molecule has 0 saturated carbocycles. The van der Waals surface area contributed by atoms with Gasteiger partial charge >= 0.3 is 0 Å². The minimum Gasteiger partial charge on any atom is -0.508 e. The van der Waals surface area contributed by atoms with Crippen LogP contribution in [-0.4, -0.2) is 56.4 Å². The maximum absolute atomic E-state index is 10.1. The Labute approximate surface area is 196 Å². The minimum atomic E-state index is 0. The third-order valence-electron chi connectivity index (χ3n) is 5.35. The first kappa shape index (κ1) is 24.1. The van der Waals surface area contributed by atoms with E-state index in [0.717, 1.165) is 43.3 Å². The molecule has 164 valence electrons. The molecule has 3 rings (SSSR count). The Kier molecular flexibility index (Phi) is 9.55. The van der Waals surface area contributed by atoms with Gasteiger partial charge < -0.3 is 24.8 Å². The molecule has 30 heavy (non-hydrogen) atoms. The first-order valence-corrected chi connectivity index (χ1v) is 10.2. The highest BCUT2D eigenvalue weighted by Gasteiger charge is 2.26. The van der Waals surface area contributed by atoms with Crippen molar-refractivity contribution in [3.63, 3.8) is 0 Å². The van der Waals surface area contributed by atoms with E-state index in [1.807, 2.05) is 24.3 Å². The Morgan fingerprint density at radius 2 is 1.83 bits per heavy atom. The van der Waals surface area contributed by atoms with E-state index in [4.69, 9.17) is 14.5 Å². The van der Waals surface area contributed by atoms with Crippen LogP contribution in [0.3, 0.4) is 0 Å². The number of phenolic OH excluding ortho intramolecular Hbond substituents is 1. The van der Waals surface area contributed by atoms with Crippen LogP contribution in [0.1, 0.15) is 30.4 Å². The molecule has 1 aliphatic heterocycles. The molecule has 1 unspecified atom stereocenters. The average molecular weight is 525 g/mol. The number of hydrogen-bond acceptors (Lipinski definition) is 4. The van der Waals surface area contributed by atoms with Crippen molar-refractivity contribution < 1.29 is 14.6 Å². The molecule has 1 atom stereocenters. The van der Waals surface area contributed by atoms with E-state index in [1.54, 1.807) is 20.3 Å². The predicted octanol–water partition coefficient (Wildman–Crippen LogP) is 4.02. The number of benzene rings is 2. The van der Waals surface area contributed by atoms with E-state index < -0.39 is 0 Å². The van der Waals surface area contributed by atoms with Crippen LogP contribution >= 0.6 is 24.0 Å². The molecule has 0 aromatic heterocycles. The molecule has 0 aliphatic carbocycles. The van der Waals surface area contributed by atoms with Gasteiger partial charge in [0, 0.05) is 38.2 Å². The summed E-state index contributed by atoms with van der Waals surface area (Å²) < 4.78 is 10.4. The van der Waals surface area contributed by atoms with Crippen LogP contribution in [0.4, 0.5) is 0 Å². The van der Waals surface area contributed by atoms with Gasteiger partial charge in [-0.1, -0.05) is 18.2 Å². The lowest BCUT2D eigenvalue weighted by Crippen LogP contribution is -2.40. The molecular formula is C23H32IN3O3. The summed E-state index contributed by atoms with van der Waals surface area (Å²) in [7, 11) is 3.29. The number of rotatable bonds is 7. The van der Waals surface area contributed by atoms with E-state index in [-0.39, 0.29) is 29.7 Å². The number of hydrogen-bond donors (Lipinski definition) is 2. The minimum absolute atomic E-state index is 0. The van der Waals surface area contributed by atoms with Crippen LogP contribution in [0.2, 0.25) is 0 Å². The van der Waals surface area contributed by atoms with Crippen molar-refractivity contribution >= 4 is 29.9 Å². The van der Waals surface area contributed by atoms with Gasteiger partial charge in [-0.3, -0.25) is 4.99 Å². The van der Waals surface area contributed by atoms with Gasteiger partial charge in [0.25, 0.3) is 0 Å². The van der Waals surface area contributed by atoms with Crippen LogP contribution in [-0.2, 0) is 6.42 Å². The number of methoxy groups -OCH3 is 2. The van der Waals surface area contributed by atoms with Gasteiger partial charge in [-0.25, -0.2) is 0 Å². The fourth-order valence-electron chi connectivity index (χ4n) is 3.69. The van der Waals surface area contributed by atoms with Gasteiger partial charge in [-0.15, -0.1) is 24.0 Å². The molecule has 0 bridgehead atoms. The molecule has 0 amide bonds. The first-order valence-electron chi connectivity index (χ1n) is 10.2. The van der Waals surface area contributed by atoms with Gasteiger partial charge in [-0.2, -0.15) is 0 Å². The molecule has 0 spiro atoms. The zero-order valence-electron chi connectivity index (χ0n) is 17.9. The Morgan fingerprint density at radius 3 is 2.47 bits per heavy atom. The number of phenols is 1. The second kappa shape index (κ2) is 11.9. The highest BCUT2D eigenvalue weighted by molar-refractivity contribution is 14.0. The Balaban J connectivity index is 0.00000320. The lowest BCUT2D eigenvalue weighted by atomic mass is 9.98. The number of guanidine groups is 1. The topological polar surface area (TPSA) is 66.3 Å². The quantitative estimate of drug-likeness (QED) is 0.325. The van der Waals surface area contributed by atoms with Crippen LogP contribution in [0.15, 0.2) is 47.5 Å². The zero-order chi connectivity index (χ0) is 20.6. The van der Waals surface area contributed by atoms with Crippen LogP contribution < -0.4 is 14.8 Å². The lowest BCUT2D eigenvalue weighted by Gasteiger charge is -2.22. The number of aromatic hydroxyl groups is 1. The van der Waals surface area contributed by atoms with Crippen molar-refractivity contribution in [2.45, 2.75) is 25.7 Å². The molecule has 2 aromatic rings. The SMILES string of the molecule is CCNC(=NCCc1ccc(OC)cc1O)N1CCC(c2ccc(OC)cc2)C1.I. The second-order valence-electron chi connectivity index (χ2n) is 7.19. The summed E-state index contributed by atoms with van der Waals surface area (Å²) in [5, 5.41) is 13.5. The average Bonchev–Trinajstić information content (AvgIpc) is 3.24. The summed E-state index contributed by atoms with van der Waals surface area (Å²) in [6.45, 7) is 5.46. The summed E-state index contributed by atoms with van der Waals surface area (Å²) in [6, 6.07) is 13.8. The molecule has 0 radical (unpaired) electrons. The Bertz CT molecular complexity index is 827. The molecule has 1 saturated heterocycles.